The maximum Gasteiger partial charge on any atom is 0.335 e. The number of hydrogen-bond acceptors (Lipinski definition) is 8. The molecule has 9 heteroatoms. The third-order valence-corrected chi connectivity index (χ3v) is 6.37. The number of aromatic hydroxyl groups is 2. The minimum Gasteiger partial charge on any atom is -0.507 e. The highest BCUT2D eigenvalue weighted by Crippen LogP contribution is 2.44. The van der Waals surface area contributed by atoms with Crippen LogP contribution in [0.4, 0.5) is 0 Å². The monoisotopic (exact) mass is 526 g/mol. The lowest BCUT2D eigenvalue weighted by Gasteiger charge is -2.18. The molecule has 0 saturated carbocycles. The highest BCUT2D eigenvalue weighted by Gasteiger charge is 2.30. The average Bonchev–Trinajstić information content (AvgIpc) is 3.42. The molecule has 5 rings (SSSR count). The summed E-state index contributed by atoms with van der Waals surface area (Å²) in [7, 11) is 1.22. The van der Waals surface area contributed by atoms with Gasteiger partial charge in [0.15, 0.2) is 5.43 Å². The van der Waals surface area contributed by atoms with Crippen LogP contribution in [-0.4, -0.2) is 34.4 Å². The molecule has 39 heavy (non-hydrogen) atoms. The zero-order valence-electron chi connectivity index (χ0n) is 20.6. The van der Waals surface area contributed by atoms with Crippen molar-refractivity contribution in [2.24, 2.45) is 0 Å². The lowest BCUT2D eigenvalue weighted by Crippen LogP contribution is -2.12. The van der Waals surface area contributed by atoms with Gasteiger partial charge in [0.05, 0.1) is 25.0 Å². The third-order valence-electron chi connectivity index (χ3n) is 6.37. The molecule has 0 radical (unpaired) electrons. The lowest BCUT2D eigenvalue weighted by atomic mass is 9.90. The number of esters is 1. The van der Waals surface area contributed by atoms with Crippen LogP contribution in [0.3, 0.4) is 0 Å². The Labute approximate surface area is 221 Å². The Morgan fingerprint density at radius 3 is 2.31 bits per heavy atom. The lowest BCUT2D eigenvalue weighted by molar-refractivity contribution is -0.140. The molecule has 0 saturated heterocycles. The largest absolute Gasteiger partial charge is 0.507 e. The normalized spacial score (nSPS) is 11.8. The topological polar surface area (TPSA) is 147 Å². The van der Waals surface area contributed by atoms with Crippen LogP contribution in [-0.2, 0) is 9.53 Å². The van der Waals surface area contributed by atoms with Crippen LogP contribution >= 0.6 is 0 Å². The summed E-state index contributed by atoms with van der Waals surface area (Å²) in [5.74, 6) is -2.91. The smallest absolute Gasteiger partial charge is 0.335 e. The van der Waals surface area contributed by atoms with Crippen molar-refractivity contribution in [2.45, 2.75) is 12.3 Å². The summed E-state index contributed by atoms with van der Waals surface area (Å²) in [6.07, 6.45) is -0.300. The Hall–Kier alpha value is -5.31. The van der Waals surface area contributed by atoms with E-state index < -0.39 is 34.8 Å². The fraction of sp³-hybridized carbons (Fsp3) is 0.100. The van der Waals surface area contributed by atoms with Gasteiger partial charge in [0.25, 0.3) is 0 Å². The minimum absolute atomic E-state index is 0.0447. The number of hydrogen-bond donors (Lipinski definition) is 3. The van der Waals surface area contributed by atoms with Crippen molar-refractivity contribution in [1.82, 2.24) is 0 Å². The van der Waals surface area contributed by atoms with Gasteiger partial charge in [-0.15, -0.1) is 0 Å². The summed E-state index contributed by atoms with van der Waals surface area (Å²) < 4.78 is 17.0. The molecule has 0 fully saturated rings. The fourth-order valence-corrected chi connectivity index (χ4v) is 4.50. The van der Waals surface area contributed by atoms with E-state index in [-0.39, 0.29) is 40.0 Å². The number of phenols is 2. The molecule has 2 heterocycles. The second-order valence-corrected chi connectivity index (χ2v) is 8.79. The first-order chi connectivity index (χ1) is 18.8. The summed E-state index contributed by atoms with van der Waals surface area (Å²) in [5, 5.41) is 30.7. The molecule has 0 aliphatic heterocycles. The highest BCUT2D eigenvalue weighted by atomic mass is 16.5. The summed E-state index contributed by atoms with van der Waals surface area (Å²) in [6, 6.07) is 20.4. The van der Waals surface area contributed by atoms with Gasteiger partial charge in [-0.05, 0) is 24.3 Å². The number of carbonyl (C=O) groups excluding carboxylic acids is 1. The van der Waals surface area contributed by atoms with E-state index in [1.165, 1.54) is 25.3 Å². The van der Waals surface area contributed by atoms with E-state index in [9.17, 15) is 29.7 Å². The molecule has 1 atom stereocenters. The van der Waals surface area contributed by atoms with E-state index >= 15 is 0 Å². The van der Waals surface area contributed by atoms with Gasteiger partial charge in [-0.1, -0.05) is 42.5 Å². The number of rotatable bonds is 7. The van der Waals surface area contributed by atoms with Crippen molar-refractivity contribution >= 4 is 22.9 Å². The predicted octanol–water partition coefficient (Wildman–Crippen LogP) is 5.52. The molecule has 0 spiro atoms. The van der Waals surface area contributed by atoms with E-state index in [1.54, 1.807) is 54.6 Å². The zero-order chi connectivity index (χ0) is 27.7. The third kappa shape index (κ3) is 4.85. The van der Waals surface area contributed by atoms with Gasteiger partial charge in [0, 0.05) is 28.8 Å². The van der Waals surface area contributed by atoms with Gasteiger partial charge in [0.2, 0.25) is 0 Å². The second-order valence-electron chi connectivity index (χ2n) is 8.79. The van der Waals surface area contributed by atoms with Crippen LogP contribution in [0.15, 0.2) is 92.5 Å². The number of fused-ring (bicyclic) bond motifs is 1. The number of furan rings is 1. The number of methoxy groups -OCH3 is 1. The van der Waals surface area contributed by atoms with Crippen molar-refractivity contribution < 1.29 is 38.5 Å². The quantitative estimate of drug-likeness (QED) is 0.233. The Balaban J connectivity index is 1.72. The average molecular weight is 526 g/mol. The standard InChI is InChI=1S/C30H22O9/c1-37-26(34)13-19(24-11-10-23(38-24)17-8-5-9-18(12-17)30(35)36)27-20(31)14-21(32)28-22(33)15-25(39-29(27)28)16-6-3-2-4-7-16/h2-12,14-15,19,31-32H,13H2,1H3,(H,35,36). The molecule has 0 aliphatic carbocycles. The number of phenolic OH excluding ortho intramolecular Hbond substituents is 2. The van der Waals surface area contributed by atoms with Gasteiger partial charge in [0.1, 0.15) is 39.7 Å². The number of ether oxygens (including phenoxy) is 1. The van der Waals surface area contributed by atoms with Gasteiger partial charge < -0.3 is 28.9 Å². The molecule has 9 nitrogen and oxygen atoms in total. The van der Waals surface area contributed by atoms with Crippen LogP contribution in [0.5, 0.6) is 11.5 Å². The van der Waals surface area contributed by atoms with Crippen LogP contribution in [0, 0.1) is 0 Å². The molecule has 196 valence electrons. The first-order valence-electron chi connectivity index (χ1n) is 11.8. The Morgan fingerprint density at radius 2 is 1.59 bits per heavy atom. The Morgan fingerprint density at radius 1 is 0.846 bits per heavy atom. The van der Waals surface area contributed by atoms with Crippen molar-refractivity contribution in [2.75, 3.05) is 7.11 Å². The number of aromatic carboxylic acids is 1. The summed E-state index contributed by atoms with van der Waals surface area (Å²) >= 11 is 0. The SMILES string of the molecule is COC(=O)CC(c1ccc(-c2cccc(C(=O)O)c2)o1)c1c(O)cc(O)c2c(=O)cc(-c3ccccc3)oc12. The van der Waals surface area contributed by atoms with Crippen molar-refractivity contribution in [3.63, 3.8) is 0 Å². The summed E-state index contributed by atoms with van der Waals surface area (Å²) in [6.45, 7) is 0. The van der Waals surface area contributed by atoms with Crippen LogP contribution < -0.4 is 5.43 Å². The van der Waals surface area contributed by atoms with Crippen LogP contribution in [0.1, 0.15) is 34.0 Å². The first-order valence-corrected chi connectivity index (χ1v) is 11.8. The van der Waals surface area contributed by atoms with Crippen LogP contribution in [0.2, 0.25) is 0 Å². The Bertz CT molecular complexity index is 1760. The minimum atomic E-state index is -1.10. The second kappa shape index (κ2) is 10.2. The molecule has 0 aliphatic rings. The molecular formula is C30H22O9. The van der Waals surface area contributed by atoms with E-state index in [0.29, 0.717) is 16.9 Å². The van der Waals surface area contributed by atoms with Crippen LogP contribution in [0.25, 0.3) is 33.6 Å². The molecule has 1 unspecified atom stereocenters. The molecule has 5 aromatic rings. The number of carbonyl (C=O) groups is 2. The molecule has 0 bridgehead atoms. The zero-order valence-corrected chi connectivity index (χ0v) is 20.6. The highest BCUT2D eigenvalue weighted by molar-refractivity contribution is 5.91. The summed E-state index contributed by atoms with van der Waals surface area (Å²) in [4.78, 5) is 37.0. The van der Waals surface area contributed by atoms with Crippen molar-refractivity contribution in [1.29, 1.82) is 0 Å². The maximum absolute atomic E-state index is 13.1. The molecule has 3 N–H and O–H groups in total. The Kier molecular flexibility index (Phi) is 6.64. The maximum atomic E-state index is 13.1. The van der Waals surface area contributed by atoms with E-state index in [2.05, 4.69) is 0 Å². The van der Waals surface area contributed by atoms with Crippen molar-refractivity contribution in [3.8, 4) is 34.1 Å². The number of carboxylic acids is 1. The number of carboxylic acid groups (broad SMARTS) is 1. The number of benzene rings is 3. The van der Waals surface area contributed by atoms with Gasteiger partial charge >= 0.3 is 11.9 Å². The fourth-order valence-electron chi connectivity index (χ4n) is 4.50. The van der Waals surface area contributed by atoms with Gasteiger partial charge in [-0.25, -0.2) is 4.79 Å². The molecule has 0 amide bonds. The molecule has 2 aromatic heterocycles. The molecular weight excluding hydrogens is 504 g/mol. The van der Waals surface area contributed by atoms with Gasteiger partial charge in [-0.2, -0.15) is 0 Å². The van der Waals surface area contributed by atoms with Crippen molar-refractivity contribution in [3.05, 3.63) is 106 Å². The van der Waals surface area contributed by atoms with E-state index in [4.69, 9.17) is 13.6 Å². The van der Waals surface area contributed by atoms with Gasteiger partial charge in [-0.3, -0.25) is 9.59 Å². The summed E-state index contributed by atoms with van der Waals surface area (Å²) in [5.41, 5.74) is 0.524. The first kappa shape index (κ1) is 25.3. The van der Waals surface area contributed by atoms with E-state index in [1.807, 2.05) is 0 Å². The molecule has 3 aromatic carbocycles. The van der Waals surface area contributed by atoms with E-state index in [0.717, 1.165) is 6.07 Å². The predicted molar refractivity (Wildman–Crippen MR) is 141 cm³/mol.